The third-order valence-electron chi connectivity index (χ3n) is 2.28. The number of allylic oxidation sites excluding steroid dienone is 1. The molecule has 0 radical (unpaired) electrons. The summed E-state index contributed by atoms with van der Waals surface area (Å²) in [6.45, 7) is 0.627. The van der Waals surface area contributed by atoms with Crippen LogP contribution in [0.3, 0.4) is 0 Å². The number of ketones is 1. The second kappa shape index (κ2) is 4.53. The number of benzene rings is 1. The first-order chi connectivity index (χ1) is 7.33. The Morgan fingerprint density at radius 2 is 2.20 bits per heavy atom. The maximum atomic E-state index is 12.0. The van der Waals surface area contributed by atoms with Gasteiger partial charge in [-0.05, 0) is 24.5 Å². The van der Waals surface area contributed by atoms with Crippen molar-refractivity contribution in [2.45, 2.75) is 11.3 Å². The molecule has 0 saturated carbocycles. The molecule has 0 N–H and O–H groups in total. The highest BCUT2D eigenvalue weighted by molar-refractivity contribution is 7.98. The van der Waals surface area contributed by atoms with Gasteiger partial charge < -0.3 is 4.74 Å². The van der Waals surface area contributed by atoms with Crippen LogP contribution < -0.4 is 0 Å². The second-order valence-electron chi connectivity index (χ2n) is 3.23. The Labute approximate surface area is 93.3 Å². The Balaban J connectivity index is 2.32. The van der Waals surface area contributed by atoms with E-state index in [-0.39, 0.29) is 5.78 Å². The Morgan fingerprint density at radius 1 is 1.40 bits per heavy atom. The first kappa shape index (κ1) is 10.3. The van der Waals surface area contributed by atoms with Crippen LogP contribution in [-0.2, 0) is 4.74 Å². The predicted molar refractivity (Wildman–Crippen MR) is 61.2 cm³/mol. The number of hydrogen-bond acceptors (Lipinski definition) is 3. The zero-order valence-electron chi connectivity index (χ0n) is 8.53. The summed E-state index contributed by atoms with van der Waals surface area (Å²) in [6, 6.07) is 7.61. The Hall–Kier alpha value is -1.22. The van der Waals surface area contributed by atoms with Gasteiger partial charge in [0.1, 0.15) is 0 Å². The van der Waals surface area contributed by atoms with Crippen LogP contribution >= 0.6 is 11.8 Å². The molecule has 0 amide bonds. The van der Waals surface area contributed by atoms with Gasteiger partial charge in [0.15, 0.2) is 5.76 Å². The molecule has 1 aromatic rings. The zero-order chi connectivity index (χ0) is 10.7. The van der Waals surface area contributed by atoms with Crippen molar-refractivity contribution in [1.29, 1.82) is 0 Å². The summed E-state index contributed by atoms with van der Waals surface area (Å²) in [4.78, 5) is 13.0. The molecule has 1 aromatic carbocycles. The normalized spacial score (nSPS) is 14.6. The largest absolute Gasteiger partial charge is 0.489 e. The lowest BCUT2D eigenvalue weighted by Crippen LogP contribution is -2.05. The van der Waals surface area contributed by atoms with Crippen LogP contribution in [0, 0.1) is 0 Å². The van der Waals surface area contributed by atoms with Gasteiger partial charge in [-0.15, -0.1) is 11.8 Å². The second-order valence-corrected chi connectivity index (χ2v) is 4.08. The van der Waals surface area contributed by atoms with Crippen LogP contribution in [0.4, 0.5) is 0 Å². The number of ether oxygens (including phenoxy) is 1. The lowest BCUT2D eigenvalue weighted by Gasteiger charge is -2.06. The van der Waals surface area contributed by atoms with E-state index in [1.54, 1.807) is 11.8 Å². The molecule has 78 valence electrons. The quantitative estimate of drug-likeness (QED) is 0.578. The zero-order valence-corrected chi connectivity index (χ0v) is 9.34. The Morgan fingerprint density at radius 3 is 2.87 bits per heavy atom. The standard InChI is InChI=1S/C12H12O2S/c1-15-11-7-3-2-5-9(11)12(13)10-6-4-8-14-10/h2-3,5-7H,4,8H2,1H3. The molecule has 0 aliphatic carbocycles. The van der Waals surface area contributed by atoms with Crippen molar-refractivity contribution in [3.63, 3.8) is 0 Å². The van der Waals surface area contributed by atoms with Crippen LogP contribution in [0.1, 0.15) is 16.8 Å². The number of carbonyl (C=O) groups is 1. The number of carbonyl (C=O) groups excluding carboxylic acids is 1. The van der Waals surface area contributed by atoms with Gasteiger partial charge >= 0.3 is 0 Å². The van der Waals surface area contributed by atoms with Crippen LogP contribution in [-0.4, -0.2) is 18.6 Å². The summed E-state index contributed by atoms with van der Waals surface area (Å²) in [6.07, 6.45) is 4.66. The molecule has 0 unspecified atom stereocenters. The van der Waals surface area contributed by atoms with E-state index in [1.165, 1.54) is 0 Å². The van der Waals surface area contributed by atoms with Crippen molar-refractivity contribution in [2.75, 3.05) is 12.9 Å². The SMILES string of the molecule is CSc1ccccc1C(=O)C1=CCCO1. The predicted octanol–water partition coefficient (Wildman–Crippen LogP) is 2.90. The van der Waals surface area contributed by atoms with Crippen molar-refractivity contribution in [1.82, 2.24) is 0 Å². The Bertz CT molecular complexity index is 410. The van der Waals surface area contributed by atoms with Crippen molar-refractivity contribution in [3.05, 3.63) is 41.7 Å². The van der Waals surface area contributed by atoms with Gasteiger partial charge in [-0.2, -0.15) is 0 Å². The molecule has 0 fully saturated rings. The molecule has 1 aliphatic heterocycles. The third kappa shape index (κ3) is 2.07. The van der Waals surface area contributed by atoms with Crippen molar-refractivity contribution >= 4 is 17.5 Å². The fourth-order valence-corrected chi connectivity index (χ4v) is 2.14. The smallest absolute Gasteiger partial charge is 0.228 e. The van der Waals surface area contributed by atoms with Crippen LogP contribution in [0.15, 0.2) is 41.0 Å². The highest BCUT2D eigenvalue weighted by atomic mass is 32.2. The van der Waals surface area contributed by atoms with E-state index in [2.05, 4.69) is 0 Å². The minimum absolute atomic E-state index is 0.00236. The molecule has 2 rings (SSSR count). The van der Waals surface area contributed by atoms with E-state index in [4.69, 9.17) is 4.74 Å². The van der Waals surface area contributed by atoms with Gasteiger partial charge in [-0.25, -0.2) is 0 Å². The number of Topliss-reactive ketones (excluding diaryl/α,β-unsaturated/α-hetero) is 1. The molecule has 0 atom stereocenters. The summed E-state index contributed by atoms with van der Waals surface area (Å²) in [5, 5.41) is 0. The molecule has 0 bridgehead atoms. The molecule has 1 heterocycles. The first-order valence-corrected chi connectivity index (χ1v) is 6.06. The van der Waals surface area contributed by atoms with Gasteiger partial charge in [0, 0.05) is 16.9 Å². The number of thioether (sulfide) groups is 1. The van der Waals surface area contributed by atoms with Crippen LogP contribution in [0.2, 0.25) is 0 Å². The summed E-state index contributed by atoms with van der Waals surface area (Å²) in [5.41, 5.74) is 0.734. The van der Waals surface area contributed by atoms with Crippen molar-refractivity contribution in [3.8, 4) is 0 Å². The maximum absolute atomic E-state index is 12.0. The molecule has 1 aliphatic rings. The molecule has 15 heavy (non-hydrogen) atoms. The van der Waals surface area contributed by atoms with Crippen LogP contribution in [0.5, 0.6) is 0 Å². The average molecular weight is 220 g/mol. The van der Waals surface area contributed by atoms with Crippen molar-refractivity contribution < 1.29 is 9.53 Å². The van der Waals surface area contributed by atoms with E-state index in [1.807, 2.05) is 36.6 Å². The van der Waals surface area contributed by atoms with Gasteiger partial charge in [0.25, 0.3) is 0 Å². The van der Waals surface area contributed by atoms with Gasteiger partial charge in [-0.1, -0.05) is 12.1 Å². The summed E-state index contributed by atoms with van der Waals surface area (Å²) in [5.74, 6) is 0.494. The number of hydrogen-bond donors (Lipinski definition) is 0. The van der Waals surface area contributed by atoms with E-state index < -0.39 is 0 Å². The lowest BCUT2D eigenvalue weighted by atomic mass is 10.1. The molecule has 0 saturated heterocycles. The van der Waals surface area contributed by atoms with Gasteiger partial charge in [0.05, 0.1) is 6.61 Å². The first-order valence-electron chi connectivity index (χ1n) is 4.83. The molecule has 3 heteroatoms. The topological polar surface area (TPSA) is 26.3 Å². The van der Waals surface area contributed by atoms with Crippen molar-refractivity contribution in [2.24, 2.45) is 0 Å². The molecular formula is C12H12O2S. The molecule has 2 nitrogen and oxygen atoms in total. The van der Waals surface area contributed by atoms with Crippen LogP contribution in [0.25, 0.3) is 0 Å². The highest BCUT2D eigenvalue weighted by Gasteiger charge is 2.19. The number of rotatable bonds is 3. The Kier molecular flexibility index (Phi) is 3.11. The molecule has 0 spiro atoms. The monoisotopic (exact) mass is 220 g/mol. The van der Waals surface area contributed by atoms with E-state index in [0.717, 1.165) is 16.9 Å². The fraction of sp³-hybridized carbons (Fsp3) is 0.250. The van der Waals surface area contributed by atoms with Gasteiger partial charge in [0.2, 0.25) is 5.78 Å². The fourth-order valence-electron chi connectivity index (χ4n) is 1.54. The average Bonchev–Trinajstić information content (AvgIpc) is 2.81. The maximum Gasteiger partial charge on any atom is 0.228 e. The highest BCUT2D eigenvalue weighted by Crippen LogP contribution is 2.24. The molecule has 0 aromatic heterocycles. The van der Waals surface area contributed by atoms with E-state index in [0.29, 0.717) is 12.4 Å². The summed E-state index contributed by atoms with van der Waals surface area (Å²) >= 11 is 1.58. The lowest BCUT2D eigenvalue weighted by molar-refractivity contribution is 0.0939. The molecular weight excluding hydrogens is 208 g/mol. The van der Waals surface area contributed by atoms with E-state index in [9.17, 15) is 4.79 Å². The van der Waals surface area contributed by atoms with E-state index >= 15 is 0 Å². The third-order valence-corrected chi connectivity index (χ3v) is 3.08. The summed E-state index contributed by atoms with van der Waals surface area (Å²) in [7, 11) is 0. The minimum Gasteiger partial charge on any atom is -0.489 e. The minimum atomic E-state index is -0.00236. The van der Waals surface area contributed by atoms with Gasteiger partial charge in [-0.3, -0.25) is 4.79 Å². The summed E-state index contributed by atoms with van der Waals surface area (Å²) < 4.78 is 5.27.